The largest absolute Gasteiger partial charge is 0.383 e. The Bertz CT molecular complexity index is 1500. The maximum absolute atomic E-state index is 6.14. The van der Waals surface area contributed by atoms with Crippen molar-refractivity contribution in [2.75, 3.05) is 20.3 Å². The standard InChI is InChI=1S/C26H30BrN5O2SSi/c1-33-10-9-32-23-14-19(27)6-7-20(23)29-26(32)22-15-31(17-34-11-12-36(2,3)4)25(30-22)18-5-8-24-21(13-18)28-16-35-24/h5-8,13-16H,9-12,17H2,1-4H3. The molecule has 0 atom stereocenters. The third-order valence-electron chi connectivity index (χ3n) is 6.05. The Kier molecular flexibility index (Phi) is 7.41. The highest BCUT2D eigenvalue weighted by Gasteiger charge is 2.20. The predicted molar refractivity (Wildman–Crippen MR) is 153 cm³/mol. The van der Waals surface area contributed by atoms with Gasteiger partial charge in [0, 0.05) is 44.6 Å². The Morgan fingerprint density at radius 3 is 2.67 bits per heavy atom. The highest BCUT2D eigenvalue weighted by Crippen LogP contribution is 2.31. The van der Waals surface area contributed by atoms with Crippen LogP contribution in [0.3, 0.4) is 0 Å². The zero-order chi connectivity index (χ0) is 25.3. The molecule has 0 saturated carbocycles. The number of ether oxygens (including phenoxy) is 2. The van der Waals surface area contributed by atoms with Gasteiger partial charge in [-0.15, -0.1) is 11.3 Å². The van der Waals surface area contributed by atoms with Crippen molar-refractivity contribution < 1.29 is 9.47 Å². The molecule has 5 aromatic rings. The van der Waals surface area contributed by atoms with E-state index in [4.69, 9.17) is 19.4 Å². The van der Waals surface area contributed by atoms with Crippen LogP contribution in [0.4, 0.5) is 0 Å². The van der Waals surface area contributed by atoms with Crippen molar-refractivity contribution in [3.8, 4) is 22.9 Å². The van der Waals surface area contributed by atoms with E-state index in [1.165, 1.54) is 0 Å². The zero-order valence-corrected chi connectivity index (χ0v) is 24.4. The summed E-state index contributed by atoms with van der Waals surface area (Å²) in [6, 6.07) is 13.6. The molecule has 10 heteroatoms. The topological polar surface area (TPSA) is 67.0 Å². The van der Waals surface area contributed by atoms with Crippen LogP contribution in [-0.2, 0) is 22.7 Å². The minimum Gasteiger partial charge on any atom is -0.383 e. The molecule has 0 unspecified atom stereocenters. The molecular formula is C26H30BrN5O2SSi. The first kappa shape index (κ1) is 25.3. The van der Waals surface area contributed by atoms with Crippen LogP contribution in [0.25, 0.3) is 44.2 Å². The summed E-state index contributed by atoms with van der Waals surface area (Å²) in [7, 11) is 0.543. The van der Waals surface area contributed by atoms with Gasteiger partial charge in [0.25, 0.3) is 0 Å². The van der Waals surface area contributed by atoms with E-state index in [2.05, 4.69) is 80.2 Å². The Morgan fingerprint density at radius 1 is 1.00 bits per heavy atom. The van der Waals surface area contributed by atoms with E-state index in [0.717, 1.165) is 61.3 Å². The SMILES string of the molecule is COCCn1c(-c2cn(COCC[Si](C)(C)C)c(-c3ccc4scnc4c3)n2)nc2ccc(Br)cc21. The molecule has 0 radical (unpaired) electrons. The molecule has 0 aliphatic heterocycles. The summed E-state index contributed by atoms with van der Waals surface area (Å²) in [6.45, 7) is 9.53. The molecule has 0 bridgehead atoms. The highest BCUT2D eigenvalue weighted by atomic mass is 79.9. The van der Waals surface area contributed by atoms with Gasteiger partial charge in [-0.05, 0) is 42.4 Å². The molecule has 3 aromatic heterocycles. The molecule has 188 valence electrons. The molecular weight excluding hydrogens is 554 g/mol. The molecule has 7 nitrogen and oxygen atoms in total. The summed E-state index contributed by atoms with van der Waals surface area (Å²) >= 11 is 5.24. The van der Waals surface area contributed by atoms with Gasteiger partial charge in [-0.25, -0.2) is 15.0 Å². The number of aromatic nitrogens is 5. The minimum atomic E-state index is -1.17. The van der Waals surface area contributed by atoms with E-state index < -0.39 is 8.07 Å². The average Bonchev–Trinajstić information content (AvgIpc) is 3.56. The number of halogens is 1. The van der Waals surface area contributed by atoms with Crippen molar-refractivity contribution in [2.45, 2.75) is 39.0 Å². The molecule has 0 fully saturated rings. The van der Waals surface area contributed by atoms with Crippen LogP contribution in [0, 0.1) is 0 Å². The normalized spacial score (nSPS) is 12.2. The van der Waals surface area contributed by atoms with Gasteiger partial charge in [-0.3, -0.25) is 0 Å². The lowest BCUT2D eigenvalue weighted by Gasteiger charge is -2.16. The number of rotatable bonds is 10. The molecule has 0 N–H and O–H groups in total. The number of methoxy groups -OCH3 is 1. The maximum Gasteiger partial charge on any atom is 0.161 e. The third kappa shape index (κ3) is 5.47. The van der Waals surface area contributed by atoms with E-state index in [-0.39, 0.29) is 0 Å². The van der Waals surface area contributed by atoms with Crippen LogP contribution in [0.15, 0.2) is 52.6 Å². The van der Waals surface area contributed by atoms with Gasteiger partial charge in [-0.1, -0.05) is 35.6 Å². The number of fused-ring (bicyclic) bond motifs is 2. The fraction of sp³-hybridized carbons (Fsp3) is 0.346. The molecule has 5 rings (SSSR count). The monoisotopic (exact) mass is 583 g/mol. The van der Waals surface area contributed by atoms with Crippen LogP contribution in [0.5, 0.6) is 0 Å². The van der Waals surface area contributed by atoms with Gasteiger partial charge in [0.15, 0.2) is 5.82 Å². The van der Waals surface area contributed by atoms with Crippen LogP contribution < -0.4 is 0 Å². The van der Waals surface area contributed by atoms with E-state index in [1.54, 1.807) is 18.4 Å². The van der Waals surface area contributed by atoms with Crippen molar-refractivity contribution in [3.63, 3.8) is 0 Å². The summed E-state index contributed by atoms with van der Waals surface area (Å²) in [5, 5.41) is 0. The van der Waals surface area contributed by atoms with Gasteiger partial charge >= 0.3 is 0 Å². The molecule has 0 aliphatic rings. The molecule has 0 spiro atoms. The number of hydrogen-bond donors (Lipinski definition) is 0. The van der Waals surface area contributed by atoms with Crippen LogP contribution in [0.1, 0.15) is 0 Å². The summed E-state index contributed by atoms with van der Waals surface area (Å²) in [4.78, 5) is 14.6. The number of imidazole rings is 2. The smallest absolute Gasteiger partial charge is 0.161 e. The molecule has 36 heavy (non-hydrogen) atoms. The Morgan fingerprint density at radius 2 is 1.86 bits per heavy atom. The molecule has 0 aliphatic carbocycles. The summed E-state index contributed by atoms with van der Waals surface area (Å²) in [5.74, 6) is 1.66. The number of benzene rings is 2. The quantitative estimate of drug-likeness (QED) is 0.132. The van der Waals surface area contributed by atoms with E-state index in [9.17, 15) is 0 Å². The third-order valence-corrected chi connectivity index (χ3v) is 9.06. The summed E-state index contributed by atoms with van der Waals surface area (Å²) < 4.78 is 18.0. The van der Waals surface area contributed by atoms with Crippen LogP contribution in [0.2, 0.25) is 25.7 Å². The maximum atomic E-state index is 6.14. The Labute approximate surface area is 224 Å². The molecule has 2 aromatic carbocycles. The second-order valence-corrected chi connectivity index (χ2v) is 17.4. The lowest BCUT2D eigenvalue weighted by molar-refractivity contribution is 0.0883. The van der Waals surface area contributed by atoms with Crippen molar-refractivity contribution in [2.24, 2.45) is 0 Å². The number of hydrogen-bond acceptors (Lipinski definition) is 6. The van der Waals surface area contributed by atoms with E-state index in [1.807, 2.05) is 17.6 Å². The average molecular weight is 585 g/mol. The predicted octanol–water partition coefficient (Wildman–Crippen LogP) is 6.90. The van der Waals surface area contributed by atoms with Crippen molar-refractivity contribution >= 4 is 56.6 Å². The van der Waals surface area contributed by atoms with Gasteiger partial charge in [-0.2, -0.15) is 0 Å². The van der Waals surface area contributed by atoms with Crippen LogP contribution >= 0.6 is 27.3 Å². The lowest BCUT2D eigenvalue weighted by atomic mass is 10.2. The molecule has 0 amide bonds. The van der Waals surface area contributed by atoms with E-state index >= 15 is 0 Å². The fourth-order valence-corrected chi connectivity index (χ4v) is 5.86. The van der Waals surface area contributed by atoms with Gasteiger partial charge in [0.05, 0.1) is 33.4 Å². The lowest BCUT2D eigenvalue weighted by Crippen LogP contribution is -2.22. The van der Waals surface area contributed by atoms with E-state index in [0.29, 0.717) is 19.9 Å². The zero-order valence-electron chi connectivity index (χ0n) is 21.0. The van der Waals surface area contributed by atoms with Crippen LogP contribution in [-0.4, -0.2) is 52.5 Å². The Balaban J connectivity index is 1.57. The summed E-state index contributed by atoms with van der Waals surface area (Å²) in [6.07, 6.45) is 2.05. The first-order chi connectivity index (χ1) is 17.3. The first-order valence-corrected chi connectivity index (χ1v) is 17.3. The molecule has 3 heterocycles. The first-order valence-electron chi connectivity index (χ1n) is 12.0. The van der Waals surface area contributed by atoms with Gasteiger partial charge in [0.1, 0.15) is 18.2 Å². The van der Waals surface area contributed by atoms with Gasteiger partial charge in [0.2, 0.25) is 0 Å². The molecule has 0 saturated heterocycles. The van der Waals surface area contributed by atoms with Crippen molar-refractivity contribution in [1.29, 1.82) is 0 Å². The minimum absolute atomic E-state index is 0.436. The number of nitrogens with zero attached hydrogens (tertiary/aromatic N) is 5. The van der Waals surface area contributed by atoms with Crippen molar-refractivity contribution in [3.05, 3.63) is 52.6 Å². The Hall–Kier alpha value is -2.37. The second-order valence-electron chi connectivity index (χ2n) is 10.0. The second kappa shape index (κ2) is 10.5. The summed E-state index contributed by atoms with van der Waals surface area (Å²) in [5.41, 5.74) is 6.64. The fourth-order valence-electron chi connectivity index (χ4n) is 4.09. The highest BCUT2D eigenvalue weighted by molar-refractivity contribution is 9.10. The number of thiazole rings is 1. The van der Waals surface area contributed by atoms with Gasteiger partial charge < -0.3 is 18.6 Å². The van der Waals surface area contributed by atoms with Crippen molar-refractivity contribution in [1.82, 2.24) is 24.1 Å².